The molecule has 2 N–H and O–H groups in total. The van der Waals surface area contributed by atoms with Crippen LogP contribution in [0.25, 0.3) is 11.1 Å². The zero-order chi connectivity index (χ0) is 11.5. The molecular formula is C13H9FN2. The molecule has 0 aliphatic carbocycles. The Bertz CT molecular complexity index is 570. The highest BCUT2D eigenvalue weighted by molar-refractivity contribution is 5.74. The Labute approximate surface area is 92.8 Å². The van der Waals surface area contributed by atoms with Crippen LogP contribution in [0, 0.1) is 17.1 Å². The molecule has 0 aliphatic rings. The average Bonchev–Trinajstić information content (AvgIpc) is 2.29. The summed E-state index contributed by atoms with van der Waals surface area (Å²) in [7, 11) is 0. The lowest BCUT2D eigenvalue weighted by molar-refractivity contribution is 0.631. The average molecular weight is 212 g/mol. The van der Waals surface area contributed by atoms with Gasteiger partial charge in [-0.3, -0.25) is 0 Å². The number of nitrogens with two attached hydrogens (primary N) is 1. The first kappa shape index (κ1) is 10.2. The highest BCUT2D eigenvalue weighted by Crippen LogP contribution is 2.27. The maximum atomic E-state index is 13.6. The summed E-state index contributed by atoms with van der Waals surface area (Å²) in [5.74, 6) is -0.357. The summed E-state index contributed by atoms with van der Waals surface area (Å²) in [4.78, 5) is 0. The van der Waals surface area contributed by atoms with Crippen LogP contribution >= 0.6 is 0 Å². The van der Waals surface area contributed by atoms with Crippen molar-refractivity contribution in [2.45, 2.75) is 0 Å². The number of anilines is 1. The third-order valence-electron chi connectivity index (χ3n) is 2.33. The number of nitrogen functional groups attached to an aromatic ring is 1. The lowest BCUT2D eigenvalue weighted by atomic mass is 9.99. The summed E-state index contributed by atoms with van der Waals surface area (Å²) in [6.07, 6.45) is 0. The Balaban J connectivity index is 2.69. The number of nitrogens with zero attached hydrogens (tertiary/aromatic N) is 1. The van der Waals surface area contributed by atoms with Crippen molar-refractivity contribution in [1.29, 1.82) is 5.26 Å². The van der Waals surface area contributed by atoms with Crippen LogP contribution in [0.2, 0.25) is 0 Å². The molecule has 0 aromatic heterocycles. The van der Waals surface area contributed by atoms with Crippen molar-refractivity contribution in [2.75, 3.05) is 5.73 Å². The molecule has 0 saturated carbocycles. The molecule has 0 heterocycles. The van der Waals surface area contributed by atoms with E-state index in [0.717, 1.165) is 0 Å². The molecule has 0 amide bonds. The Kier molecular flexibility index (Phi) is 2.57. The predicted octanol–water partition coefficient (Wildman–Crippen LogP) is 2.95. The summed E-state index contributed by atoms with van der Waals surface area (Å²) in [5, 5.41) is 8.95. The van der Waals surface area contributed by atoms with Crippen LogP contribution in [0.1, 0.15) is 5.56 Å². The SMILES string of the molecule is N#Cc1ccc(N)cc1-c1ccccc1F. The molecule has 0 radical (unpaired) electrons. The Hall–Kier alpha value is -2.34. The smallest absolute Gasteiger partial charge is 0.131 e. The number of halogens is 1. The molecule has 0 unspecified atom stereocenters. The molecule has 0 aliphatic heterocycles. The van der Waals surface area contributed by atoms with Crippen LogP contribution in [-0.4, -0.2) is 0 Å². The van der Waals surface area contributed by atoms with Gasteiger partial charge in [0.2, 0.25) is 0 Å². The minimum Gasteiger partial charge on any atom is -0.399 e. The third-order valence-corrected chi connectivity index (χ3v) is 2.33. The van der Waals surface area contributed by atoms with E-state index in [2.05, 4.69) is 0 Å². The molecule has 78 valence electrons. The van der Waals surface area contributed by atoms with Crippen LogP contribution in [-0.2, 0) is 0 Å². The Morgan fingerprint density at radius 2 is 1.81 bits per heavy atom. The molecular weight excluding hydrogens is 203 g/mol. The van der Waals surface area contributed by atoms with Gasteiger partial charge in [0.1, 0.15) is 5.82 Å². The van der Waals surface area contributed by atoms with Crippen LogP contribution < -0.4 is 5.73 Å². The van der Waals surface area contributed by atoms with Crippen LogP contribution in [0.5, 0.6) is 0 Å². The third kappa shape index (κ3) is 1.73. The number of rotatable bonds is 1. The van der Waals surface area contributed by atoms with E-state index in [-0.39, 0.29) is 5.82 Å². The van der Waals surface area contributed by atoms with Crippen molar-refractivity contribution in [1.82, 2.24) is 0 Å². The summed E-state index contributed by atoms with van der Waals surface area (Å²) in [6, 6.07) is 13.2. The second-order valence-corrected chi connectivity index (χ2v) is 3.40. The fourth-order valence-electron chi connectivity index (χ4n) is 1.56. The zero-order valence-corrected chi connectivity index (χ0v) is 8.44. The molecule has 0 bridgehead atoms. The van der Waals surface area contributed by atoms with E-state index in [0.29, 0.717) is 22.4 Å². The van der Waals surface area contributed by atoms with E-state index < -0.39 is 0 Å². The zero-order valence-electron chi connectivity index (χ0n) is 8.44. The molecule has 16 heavy (non-hydrogen) atoms. The largest absolute Gasteiger partial charge is 0.399 e. The van der Waals surface area contributed by atoms with E-state index in [4.69, 9.17) is 11.0 Å². The first-order chi connectivity index (χ1) is 7.72. The van der Waals surface area contributed by atoms with Gasteiger partial charge in [-0.25, -0.2) is 4.39 Å². The van der Waals surface area contributed by atoms with Gasteiger partial charge in [0.05, 0.1) is 11.6 Å². The van der Waals surface area contributed by atoms with Crippen LogP contribution in [0.15, 0.2) is 42.5 Å². The monoisotopic (exact) mass is 212 g/mol. The van der Waals surface area contributed by atoms with E-state index in [1.807, 2.05) is 6.07 Å². The molecule has 2 rings (SSSR count). The van der Waals surface area contributed by atoms with Gasteiger partial charge >= 0.3 is 0 Å². The summed E-state index contributed by atoms with van der Waals surface area (Å²) >= 11 is 0. The van der Waals surface area contributed by atoms with Crippen molar-refractivity contribution in [3.63, 3.8) is 0 Å². The highest BCUT2D eigenvalue weighted by Gasteiger charge is 2.09. The van der Waals surface area contributed by atoms with Crippen molar-refractivity contribution >= 4 is 5.69 Å². The summed E-state index contributed by atoms with van der Waals surface area (Å²) < 4.78 is 13.6. The molecule has 2 aromatic rings. The van der Waals surface area contributed by atoms with Gasteiger partial charge in [-0.05, 0) is 24.3 Å². The van der Waals surface area contributed by atoms with Crippen molar-refractivity contribution in [3.05, 3.63) is 53.8 Å². The number of nitriles is 1. The van der Waals surface area contributed by atoms with Gasteiger partial charge in [-0.15, -0.1) is 0 Å². The minimum absolute atomic E-state index is 0.357. The lowest BCUT2D eigenvalue weighted by Crippen LogP contribution is -1.91. The topological polar surface area (TPSA) is 49.8 Å². The minimum atomic E-state index is -0.357. The maximum absolute atomic E-state index is 13.6. The number of hydrogen-bond acceptors (Lipinski definition) is 2. The fraction of sp³-hybridized carbons (Fsp3) is 0. The van der Waals surface area contributed by atoms with E-state index in [1.54, 1.807) is 36.4 Å². The van der Waals surface area contributed by atoms with Crippen molar-refractivity contribution in [3.8, 4) is 17.2 Å². The Morgan fingerprint density at radius 3 is 2.50 bits per heavy atom. The Morgan fingerprint density at radius 1 is 1.06 bits per heavy atom. The number of hydrogen-bond donors (Lipinski definition) is 1. The first-order valence-corrected chi connectivity index (χ1v) is 4.77. The molecule has 2 aromatic carbocycles. The molecule has 3 heteroatoms. The van der Waals surface area contributed by atoms with Gasteiger partial charge < -0.3 is 5.73 Å². The molecule has 0 atom stereocenters. The van der Waals surface area contributed by atoms with Gasteiger partial charge in [-0.1, -0.05) is 18.2 Å². The second-order valence-electron chi connectivity index (χ2n) is 3.40. The molecule has 0 fully saturated rings. The molecule has 2 nitrogen and oxygen atoms in total. The van der Waals surface area contributed by atoms with Gasteiger partial charge in [0.15, 0.2) is 0 Å². The normalized spacial score (nSPS) is 9.75. The van der Waals surface area contributed by atoms with Crippen molar-refractivity contribution < 1.29 is 4.39 Å². The highest BCUT2D eigenvalue weighted by atomic mass is 19.1. The maximum Gasteiger partial charge on any atom is 0.131 e. The summed E-state index contributed by atoms with van der Waals surface area (Å²) in [5.41, 5.74) is 7.49. The van der Waals surface area contributed by atoms with Crippen molar-refractivity contribution in [2.24, 2.45) is 0 Å². The molecule has 0 saturated heterocycles. The standard InChI is InChI=1S/C13H9FN2/c14-13-4-2-1-3-11(13)12-7-10(16)6-5-9(12)8-15/h1-7H,16H2. The van der Waals surface area contributed by atoms with Gasteiger partial charge in [0.25, 0.3) is 0 Å². The quantitative estimate of drug-likeness (QED) is 0.739. The van der Waals surface area contributed by atoms with Crippen LogP contribution in [0.4, 0.5) is 10.1 Å². The fourth-order valence-corrected chi connectivity index (χ4v) is 1.56. The van der Waals surface area contributed by atoms with Crippen LogP contribution in [0.3, 0.4) is 0 Å². The number of benzene rings is 2. The van der Waals surface area contributed by atoms with E-state index in [1.165, 1.54) is 6.07 Å². The van der Waals surface area contributed by atoms with Gasteiger partial charge in [0, 0.05) is 16.8 Å². The first-order valence-electron chi connectivity index (χ1n) is 4.77. The predicted molar refractivity (Wildman–Crippen MR) is 61.0 cm³/mol. The lowest BCUT2D eigenvalue weighted by Gasteiger charge is -2.06. The van der Waals surface area contributed by atoms with E-state index >= 15 is 0 Å². The van der Waals surface area contributed by atoms with E-state index in [9.17, 15) is 4.39 Å². The second kappa shape index (κ2) is 4.03. The summed E-state index contributed by atoms with van der Waals surface area (Å²) in [6.45, 7) is 0. The molecule has 0 spiro atoms. The van der Waals surface area contributed by atoms with Gasteiger partial charge in [-0.2, -0.15) is 5.26 Å².